The molecule has 0 aromatic heterocycles. The van der Waals surface area contributed by atoms with Gasteiger partial charge < -0.3 is 44.1 Å². The van der Waals surface area contributed by atoms with Gasteiger partial charge in [-0.15, -0.1) is 0 Å². The Morgan fingerprint density at radius 1 is 0.407 bits per heavy atom. The molecular weight excluding hydrogens is 1140 g/mol. The first-order valence-electron chi connectivity index (χ1n) is 34.1. The first kappa shape index (κ1) is 81.7. The number of hydrogen-bond acceptors (Lipinski definition) is 20. The average molecular weight is 1260 g/mol. The van der Waals surface area contributed by atoms with Crippen LogP contribution in [0.3, 0.4) is 0 Å². The van der Waals surface area contributed by atoms with Crippen LogP contribution in [0.15, 0.2) is 0 Å². The second kappa shape index (κ2) is 54.5. The predicted octanol–water partition coefficient (Wildman–Crippen LogP) is 10.8. The standard InChI is InChI=1S/C66H126N4O14S2/c1-9-56(10-2)52-81-63(76)32-19-15-13-17-28-58(71)48-69(49-59(72)29-18-14-16-20-33-64(77)82-53-57(11-3)12-4)37-25-26-46-85-86-47-44-68-41-39-67(40-42-68)43-45-80-62(75)36-27-38-70(50-60(73)30-21-23-34-65(78)83-54(5)6)51-61(74)31-22-24-35-66(79)84-55(7)8/h54-61,71-74H,9-53H2,1-8H3. The molecule has 18 nitrogen and oxygen atoms in total. The fraction of sp³-hybridized carbons (Fsp3) is 0.924. The molecule has 4 atom stereocenters. The molecule has 1 saturated heterocycles. The molecule has 506 valence electrons. The largest absolute Gasteiger partial charge is 0.465 e. The molecule has 0 aromatic carbocycles. The molecule has 86 heavy (non-hydrogen) atoms. The van der Waals surface area contributed by atoms with Gasteiger partial charge in [0.05, 0.1) is 49.8 Å². The minimum atomic E-state index is -0.651. The minimum absolute atomic E-state index is 0.112. The molecular formula is C66H126N4O14S2. The van der Waals surface area contributed by atoms with Crippen molar-refractivity contribution in [1.82, 2.24) is 19.6 Å². The second-order valence-electron chi connectivity index (χ2n) is 24.7. The second-order valence-corrected chi connectivity index (χ2v) is 27.4. The Kier molecular flexibility index (Phi) is 51.8. The van der Waals surface area contributed by atoms with E-state index in [0.717, 1.165) is 141 Å². The van der Waals surface area contributed by atoms with Crippen molar-refractivity contribution in [3.8, 4) is 0 Å². The number of aliphatic hydroxyl groups excluding tert-OH is 4. The smallest absolute Gasteiger partial charge is 0.306 e. The van der Waals surface area contributed by atoms with Gasteiger partial charge in [-0.05, 0) is 123 Å². The van der Waals surface area contributed by atoms with Crippen molar-refractivity contribution in [2.75, 3.05) is 110 Å². The summed E-state index contributed by atoms with van der Waals surface area (Å²) in [5, 5.41) is 44.0. The third-order valence-corrected chi connectivity index (χ3v) is 18.5. The average Bonchev–Trinajstić information content (AvgIpc) is 3.49. The van der Waals surface area contributed by atoms with Gasteiger partial charge in [0.2, 0.25) is 0 Å². The summed E-state index contributed by atoms with van der Waals surface area (Å²) in [6, 6.07) is 0. The molecule has 1 rings (SSSR count). The van der Waals surface area contributed by atoms with E-state index in [1.807, 2.05) is 54.2 Å². The quantitative estimate of drug-likeness (QED) is 0.0192. The maximum absolute atomic E-state index is 12.8. The van der Waals surface area contributed by atoms with Gasteiger partial charge in [0, 0.05) is 109 Å². The highest BCUT2D eigenvalue weighted by Crippen LogP contribution is 2.23. The van der Waals surface area contributed by atoms with E-state index >= 15 is 0 Å². The maximum Gasteiger partial charge on any atom is 0.306 e. The number of esters is 5. The lowest BCUT2D eigenvalue weighted by Gasteiger charge is -2.34. The molecule has 0 aliphatic carbocycles. The fourth-order valence-corrected chi connectivity index (χ4v) is 12.6. The monoisotopic (exact) mass is 1260 g/mol. The molecule has 1 aliphatic rings. The number of rotatable bonds is 58. The lowest BCUT2D eigenvalue weighted by molar-refractivity contribution is -0.148. The Hall–Kier alpha value is -2.27. The van der Waals surface area contributed by atoms with E-state index in [4.69, 9.17) is 23.7 Å². The van der Waals surface area contributed by atoms with E-state index in [0.29, 0.717) is 154 Å². The molecule has 1 aliphatic heterocycles. The van der Waals surface area contributed by atoms with Gasteiger partial charge in [0.1, 0.15) is 6.61 Å². The summed E-state index contributed by atoms with van der Waals surface area (Å²) in [7, 11) is 3.83. The molecule has 0 aromatic rings. The molecule has 20 heteroatoms. The van der Waals surface area contributed by atoms with Crippen molar-refractivity contribution < 1.29 is 68.1 Å². The van der Waals surface area contributed by atoms with E-state index in [2.05, 4.69) is 42.4 Å². The minimum Gasteiger partial charge on any atom is -0.465 e. The van der Waals surface area contributed by atoms with Crippen molar-refractivity contribution in [1.29, 1.82) is 0 Å². The summed E-state index contributed by atoms with van der Waals surface area (Å²) in [4.78, 5) is 70.1. The fourth-order valence-electron chi connectivity index (χ4n) is 10.5. The first-order chi connectivity index (χ1) is 41.3. The van der Waals surface area contributed by atoms with Crippen molar-refractivity contribution >= 4 is 51.4 Å². The number of carbonyl (C=O) groups is 5. The van der Waals surface area contributed by atoms with E-state index < -0.39 is 24.4 Å². The summed E-state index contributed by atoms with van der Waals surface area (Å²) < 4.78 is 27.0. The highest BCUT2D eigenvalue weighted by Gasteiger charge is 2.21. The van der Waals surface area contributed by atoms with E-state index in [-0.39, 0.29) is 48.5 Å². The molecule has 4 N–H and O–H groups in total. The molecule has 0 bridgehead atoms. The van der Waals surface area contributed by atoms with Gasteiger partial charge in [0.15, 0.2) is 0 Å². The number of nitrogens with zero attached hydrogens (tertiary/aromatic N) is 4. The van der Waals surface area contributed by atoms with Gasteiger partial charge in [-0.3, -0.25) is 43.6 Å². The molecule has 0 saturated carbocycles. The van der Waals surface area contributed by atoms with Crippen molar-refractivity contribution in [3.63, 3.8) is 0 Å². The topological polar surface area (TPSA) is 225 Å². The van der Waals surface area contributed by atoms with Crippen molar-refractivity contribution in [3.05, 3.63) is 0 Å². The molecule has 0 radical (unpaired) electrons. The number of ether oxygens (including phenoxy) is 5. The first-order valence-corrected chi connectivity index (χ1v) is 36.6. The number of piperazine rings is 1. The zero-order valence-electron chi connectivity index (χ0n) is 55.4. The van der Waals surface area contributed by atoms with Gasteiger partial charge in [-0.1, -0.05) is 126 Å². The summed E-state index contributed by atoms with van der Waals surface area (Å²) in [5.41, 5.74) is 0. The third kappa shape index (κ3) is 48.6. The lowest BCUT2D eigenvalue weighted by Crippen LogP contribution is -2.47. The number of unbranched alkanes of at least 4 members (excludes halogenated alkanes) is 9. The van der Waals surface area contributed by atoms with Crippen molar-refractivity contribution in [2.45, 2.75) is 272 Å². The zero-order chi connectivity index (χ0) is 63.6. The Morgan fingerprint density at radius 2 is 0.744 bits per heavy atom. The summed E-state index contributed by atoms with van der Waals surface area (Å²) in [5.74, 6) is 1.99. The summed E-state index contributed by atoms with van der Waals surface area (Å²) >= 11 is 0. The molecule has 4 unspecified atom stereocenters. The highest BCUT2D eigenvalue weighted by molar-refractivity contribution is 8.76. The van der Waals surface area contributed by atoms with Gasteiger partial charge >= 0.3 is 29.8 Å². The SMILES string of the molecule is CCC(CC)COC(=O)CCCCCCC(O)CN(CCCCSSCCN1CCN(CCOC(=O)CCCN(CC(O)CCCCC(=O)OC(C)C)CC(O)CCCCC(=O)OC(C)C)CC1)CC(O)CCCCCCC(=O)OCC(CC)CC. The normalized spacial score (nSPS) is 14.8. The van der Waals surface area contributed by atoms with E-state index in [9.17, 15) is 44.4 Å². The van der Waals surface area contributed by atoms with Crippen LogP contribution in [-0.4, -0.2) is 216 Å². The van der Waals surface area contributed by atoms with Crippen LogP contribution in [0.2, 0.25) is 0 Å². The Labute approximate surface area is 530 Å². The highest BCUT2D eigenvalue weighted by atomic mass is 33.1. The number of carbonyl (C=O) groups excluding carboxylic acids is 5. The van der Waals surface area contributed by atoms with Crippen LogP contribution >= 0.6 is 21.6 Å². The number of aliphatic hydroxyl groups is 4. The molecule has 0 amide bonds. The van der Waals surface area contributed by atoms with Crippen LogP contribution in [0.4, 0.5) is 0 Å². The van der Waals surface area contributed by atoms with Crippen LogP contribution in [0.25, 0.3) is 0 Å². The van der Waals surface area contributed by atoms with Crippen molar-refractivity contribution in [2.24, 2.45) is 11.8 Å². The van der Waals surface area contributed by atoms with E-state index in [1.165, 1.54) is 0 Å². The summed E-state index contributed by atoms with van der Waals surface area (Å²) in [6.07, 6.45) is 18.0. The molecule has 1 fully saturated rings. The maximum atomic E-state index is 12.8. The van der Waals surface area contributed by atoms with Crippen LogP contribution < -0.4 is 0 Å². The summed E-state index contributed by atoms with van der Waals surface area (Å²) in [6.45, 7) is 25.7. The van der Waals surface area contributed by atoms with Gasteiger partial charge in [-0.25, -0.2) is 0 Å². The van der Waals surface area contributed by atoms with Crippen LogP contribution in [-0.2, 0) is 47.7 Å². The Balaban J connectivity index is 2.45. The molecule has 1 heterocycles. The van der Waals surface area contributed by atoms with Crippen LogP contribution in [0.5, 0.6) is 0 Å². The third-order valence-electron chi connectivity index (χ3n) is 16.1. The lowest BCUT2D eigenvalue weighted by atomic mass is 10.1. The van der Waals surface area contributed by atoms with Crippen LogP contribution in [0, 0.1) is 11.8 Å². The van der Waals surface area contributed by atoms with Crippen LogP contribution in [0.1, 0.15) is 235 Å². The van der Waals surface area contributed by atoms with E-state index in [1.54, 1.807) is 0 Å². The van der Waals surface area contributed by atoms with Gasteiger partial charge in [-0.2, -0.15) is 0 Å². The number of hydrogen-bond donors (Lipinski definition) is 4. The Morgan fingerprint density at radius 3 is 1.16 bits per heavy atom. The van der Waals surface area contributed by atoms with Gasteiger partial charge in [0.25, 0.3) is 0 Å². The Bertz CT molecular complexity index is 1590. The molecule has 0 spiro atoms. The zero-order valence-corrected chi connectivity index (χ0v) is 57.0. The predicted molar refractivity (Wildman–Crippen MR) is 349 cm³/mol.